The van der Waals surface area contributed by atoms with E-state index in [0.29, 0.717) is 0 Å². The number of thiophene rings is 1. The fourth-order valence-corrected chi connectivity index (χ4v) is 3.54. The van der Waals surface area contributed by atoms with Gasteiger partial charge in [-0.05, 0) is 26.0 Å². The maximum atomic E-state index is 11.5. The molecule has 8 heteroatoms. The molecule has 19 heavy (non-hydrogen) atoms. The average Bonchev–Trinajstić information content (AvgIpc) is 2.96. The zero-order valence-corrected chi connectivity index (χ0v) is 12.9. The second-order valence-electron chi connectivity index (χ2n) is 3.62. The summed E-state index contributed by atoms with van der Waals surface area (Å²) in [6, 6.07) is 3.98. The quantitative estimate of drug-likeness (QED) is 0.523. The van der Waals surface area contributed by atoms with Crippen molar-refractivity contribution in [1.82, 2.24) is 15.6 Å². The Morgan fingerprint density at radius 3 is 2.89 bits per heavy atom. The van der Waals surface area contributed by atoms with Crippen molar-refractivity contribution in [2.24, 2.45) is 5.10 Å². The highest BCUT2D eigenvalue weighted by atomic mass is 32.2. The minimum absolute atomic E-state index is 0.151. The molecule has 0 unspecified atom stereocenters. The van der Waals surface area contributed by atoms with E-state index in [1.807, 2.05) is 26.0 Å². The van der Waals surface area contributed by atoms with Crippen LogP contribution in [0.25, 0.3) is 0 Å². The number of hydrogen-bond acceptors (Lipinski definition) is 7. The molecule has 100 valence electrons. The minimum atomic E-state index is -0.151. The molecule has 2 heterocycles. The lowest BCUT2D eigenvalue weighted by molar-refractivity contribution is -0.118. The summed E-state index contributed by atoms with van der Waals surface area (Å²) in [6.45, 7) is 3.91. The number of aryl methyl sites for hydroxylation is 2. The second kappa shape index (κ2) is 6.78. The van der Waals surface area contributed by atoms with Crippen LogP contribution in [0, 0.1) is 13.8 Å². The van der Waals surface area contributed by atoms with Gasteiger partial charge in [-0.3, -0.25) is 4.79 Å². The number of aromatic nitrogens is 2. The van der Waals surface area contributed by atoms with E-state index in [1.54, 1.807) is 17.6 Å². The highest BCUT2D eigenvalue weighted by Crippen LogP contribution is 2.21. The molecule has 1 amide bonds. The molecular weight excluding hydrogens is 300 g/mol. The summed E-state index contributed by atoms with van der Waals surface area (Å²) < 4.78 is 0.797. The molecule has 0 radical (unpaired) electrons. The molecule has 0 saturated heterocycles. The molecule has 2 rings (SSSR count). The van der Waals surface area contributed by atoms with Gasteiger partial charge in [0.25, 0.3) is 5.91 Å². The predicted octanol–water partition coefficient (Wildman–Crippen LogP) is 2.46. The van der Waals surface area contributed by atoms with Crippen LogP contribution in [0.3, 0.4) is 0 Å². The molecular formula is C11H12N4OS3. The topological polar surface area (TPSA) is 67.2 Å². The average molecular weight is 312 g/mol. The number of rotatable bonds is 5. The van der Waals surface area contributed by atoms with E-state index in [-0.39, 0.29) is 11.7 Å². The van der Waals surface area contributed by atoms with E-state index in [9.17, 15) is 4.79 Å². The zero-order chi connectivity index (χ0) is 13.7. The van der Waals surface area contributed by atoms with Gasteiger partial charge in [0.1, 0.15) is 5.01 Å². The van der Waals surface area contributed by atoms with Crippen molar-refractivity contribution in [1.29, 1.82) is 0 Å². The van der Waals surface area contributed by atoms with Crippen LogP contribution < -0.4 is 5.43 Å². The number of nitrogens with zero attached hydrogens (tertiary/aromatic N) is 3. The van der Waals surface area contributed by atoms with Gasteiger partial charge in [-0.1, -0.05) is 23.1 Å². The molecule has 0 fully saturated rings. The monoisotopic (exact) mass is 312 g/mol. The number of thioether (sulfide) groups is 1. The first-order valence-corrected chi connectivity index (χ1v) is 8.06. The fraction of sp³-hybridized carbons (Fsp3) is 0.273. The van der Waals surface area contributed by atoms with Gasteiger partial charge in [-0.2, -0.15) is 5.10 Å². The van der Waals surface area contributed by atoms with Gasteiger partial charge in [-0.25, -0.2) is 5.43 Å². The number of nitrogens with one attached hydrogen (secondary N) is 1. The Bertz CT molecular complexity index is 590. The van der Waals surface area contributed by atoms with E-state index in [2.05, 4.69) is 20.7 Å². The van der Waals surface area contributed by atoms with Crippen LogP contribution in [0.1, 0.15) is 14.8 Å². The number of carbonyl (C=O) groups is 1. The summed E-state index contributed by atoms with van der Waals surface area (Å²) in [5.74, 6) is 0.137. The summed E-state index contributed by atoms with van der Waals surface area (Å²) >= 11 is 4.47. The van der Waals surface area contributed by atoms with Gasteiger partial charge in [0.2, 0.25) is 0 Å². The fourth-order valence-electron chi connectivity index (χ4n) is 1.19. The Morgan fingerprint density at radius 2 is 2.26 bits per heavy atom. The Hall–Kier alpha value is -1.25. The molecule has 2 aromatic rings. The molecule has 2 aromatic heterocycles. The summed E-state index contributed by atoms with van der Waals surface area (Å²) in [4.78, 5) is 13.8. The normalized spacial score (nSPS) is 11.1. The van der Waals surface area contributed by atoms with Gasteiger partial charge >= 0.3 is 0 Å². The van der Waals surface area contributed by atoms with Crippen molar-refractivity contribution in [2.75, 3.05) is 5.75 Å². The van der Waals surface area contributed by atoms with E-state index >= 15 is 0 Å². The maximum absolute atomic E-state index is 11.5. The van der Waals surface area contributed by atoms with E-state index in [0.717, 1.165) is 14.2 Å². The largest absolute Gasteiger partial charge is 0.272 e. The molecule has 0 aliphatic heterocycles. The number of hydrogen-bond donors (Lipinski definition) is 1. The van der Waals surface area contributed by atoms with E-state index in [4.69, 9.17) is 0 Å². The van der Waals surface area contributed by atoms with Crippen LogP contribution in [-0.2, 0) is 4.79 Å². The van der Waals surface area contributed by atoms with Gasteiger partial charge in [0, 0.05) is 9.75 Å². The zero-order valence-electron chi connectivity index (χ0n) is 10.4. The molecule has 0 bridgehead atoms. The molecule has 1 N–H and O–H groups in total. The molecule has 0 saturated carbocycles. The van der Waals surface area contributed by atoms with Crippen molar-refractivity contribution >= 4 is 46.6 Å². The maximum Gasteiger partial charge on any atom is 0.250 e. The Labute approximate surface area is 123 Å². The van der Waals surface area contributed by atoms with Gasteiger partial charge in [-0.15, -0.1) is 21.5 Å². The van der Waals surface area contributed by atoms with E-state index in [1.165, 1.54) is 28.0 Å². The molecule has 0 aliphatic carbocycles. The predicted molar refractivity (Wildman–Crippen MR) is 80.2 cm³/mol. The Kier molecular flexibility index (Phi) is 5.06. The van der Waals surface area contributed by atoms with Crippen molar-refractivity contribution < 1.29 is 4.79 Å². The standard InChI is InChI=1S/C11H12N4OS3/c1-7-3-4-9(18-7)5-12-14-10(16)6-17-11-15-13-8(2)19-11/h3-5H,6H2,1-2H3,(H,14,16). The highest BCUT2D eigenvalue weighted by Gasteiger charge is 2.05. The third kappa shape index (κ3) is 4.73. The lowest BCUT2D eigenvalue weighted by Gasteiger charge is -1.96. The molecule has 0 atom stereocenters. The van der Waals surface area contributed by atoms with E-state index < -0.39 is 0 Å². The van der Waals surface area contributed by atoms with Crippen molar-refractivity contribution in [3.63, 3.8) is 0 Å². The van der Waals surface area contributed by atoms with Crippen molar-refractivity contribution in [3.05, 3.63) is 26.9 Å². The number of amides is 1. The minimum Gasteiger partial charge on any atom is -0.272 e. The first-order chi connectivity index (χ1) is 9.13. The van der Waals surface area contributed by atoms with Gasteiger partial charge < -0.3 is 0 Å². The van der Waals surface area contributed by atoms with Crippen LogP contribution in [0.15, 0.2) is 21.6 Å². The molecule has 0 spiro atoms. The summed E-state index contributed by atoms with van der Waals surface area (Å²) in [5, 5.41) is 12.6. The van der Waals surface area contributed by atoms with Crippen LogP contribution in [0.5, 0.6) is 0 Å². The number of hydrazone groups is 1. The third-order valence-corrected chi connectivity index (χ3v) is 4.88. The van der Waals surface area contributed by atoms with Crippen LogP contribution >= 0.6 is 34.4 Å². The Morgan fingerprint density at radius 1 is 1.42 bits per heavy atom. The smallest absolute Gasteiger partial charge is 0.250 e. The lowest BCUT2D eigenvalue weighted by Crippen LogP contribution is -2.19. The SMILES string of the molecule is Cc1ccc(C=NNC(=O)CSc2nnc(C)s2)s1. The highest BCUT2D eigenvalue weighted by molar-refractivity contribution is 8.01. The molecule has 0 aromatic carbocycles. The summed E-state index contributed by atoms with van der Waals surface area (Å²) in [5.41, 5.74) is 2.49. The van der Waals surface area contributed by atoms with Gasteiger partial charge in [0.15, 0.2) is 4.34 Å². The van der Waals surface area contributed by atoms with Crippen LogP contribution in [0.2, 0.25) is 0 Å². The van der Waals surface area contributed by atoms with Crippen molar-refractivity contribution in [3.8, 4) is 0 Å². The first-order valence-electron chi connectivity index (χ1n) is 5.45. The second-order valence-corrected chi connectivity index (χ2v) is 7.34. The van der Waals surface area contributed by atoms with Crippen LogP contribution in [0.4, 0.5) is 0 Å². The van der Waals surface area contributed by atoms with Gasteiger partial charge in [0.05, 0.1) is 12.0 Å². The number of carbonyl (C=O) groups excluding carboxylic acids is 1. The molecule has 0 aliphatic rings. The lowest BCUT2D eigenvalue weighted by atomic mass is 10.4. The van der Waals surface area contributed by atoms with Crippen LogP contribution in [-0.4, -0.2) is 28.1 Å². The van der Waals surface area contributed by atoms with Crippen molar-refractivity contribution in [2.45, 2.75) is 18.2 Å². The third-order valence-electron chi connectivity index (χ3n) is 1.98. The first kappa shape index (κ1) is 14.2. The summed E-state index contributed by atoms with van der Waals surface area (Å²) in [7, 11) is 0. The molecule has 5 nitrogen and oxygen atoms in total. The summed E-state index contributed by atoms with van der Waals surface area (Å²) in [6.07, 6.45) is 1.65. The Balaban J connectivity index is 1.74.